The minimum Gasteiger partial charge on any atom is -0.496 e. The van der Waals surface area contributed by atoms with Crippen LogP contribution in [-0.2, 0) is 12.0 Å². The highest BCUT2D eigenvalue weighted by atomic mass is 16.5. The molecule has 0 atom stereocenters. The third-order valence-corrected chi connectivity index (χ3v) is 3.13. The SMILES string of the molecule is CCNCCNCc1ccc(OC)c(C(C)(C)C)c1. The first-order valence-corrected chi connectivity index (χ1v) is 7.08. The Kier molecular flexibility index (Phi) is 6.32. The van der Waals surface area contributed by atoms with E-state index >= 15 is 0 Å². The Bertz CT molecular complexity index is 383. The molecule has 0 spiro atoms. The van der Waals surface area contributed by atoms with Gasteiger partial charge in [-0.15, -0.1) is 0 Å². The molecular formula is C16H28N2O. The molecule has 0 saturated heterocycles. The molecule has 2 N–H and O–H groups in total. The monoisotopic (exact) mass is 264 g/mol. The number of ether oxygens (including phenoxy) is 1. The van der Waals surface area contributed by atoms with Gasteiger partial charge in [0.05, 0.1) is 7.11 Å². The van der Waals surface area contributed by atoms with Gasteiger partial charge in [0, 0.05) is 19.6 Å². The van der Waals surface area contributed by atoms with Crippen LogP contribution in [0.15, 0.2) is 18.2 Å². The molecule has 0 aromatic heterocycles. The molecule has 0 heterocycles. The quantitative estimate of drug-likeness (QED) is 0.743. The fraction of sp³-hybridized carbons (Fsp3) is 0.625. The summed E-state index contributed by atoms with van der Waals surface area (Å²) >= 11 is 0. The van der Waals surface area contributed by atoms with E-state index in [0.717, 1.165) is 31.9 Å². The summed E-state index contributed by atoms with van der Waals surface area (Å²) in [6, 6.07) is 6.45. The normalized spacial score (nSPS) is 11.6. The van der Waals surface area contributed by atoms with Crippen molar-refractivity contribution in [3.05, 3.63) is 29.3 Å². The molecule has 0 bridgehead atoms. The zero-order chi connectivity index (χ0) is 14.3. The molecule has 0 radical (unpaired) electrons. The maximum atomic E-state index is 5.45. The molecule has 3 heteroatoms. The summed E-state index contributed by atoms with van der Waals surface area (Å²) in [6.07, 6.45) is 0. The van der Waals surface area contributed by atoms with Crippen molar-refractivity contribution in [1.82, 2.24) is 10.6 Å². The highest BCUT2D eigenvalue weighted by Crippen LogP contribution is 2.31. The van der Waals surface area contributed by atoms with Crippen LogP contribution in [-0.4, -0.2) is 26.7 Å². The van der Waals surface area contributed by atoms with Crippen LogP contribution in [0, 0.1) is 0 Å². The fourth-order valence-electron chi connectivity index (χ4n) is 2.04. The van der Waals surface area contributed by atoms with E-state index in [2.05, 4.69) is 56.5 Å². The summed E-state index contributed by atoms with van der Waals surface area (Å²) in [7, 11) is 1.74. The van der Waals surface area contributed by atoms with Gasteiger partial charge >= 0.3 is 0 Å². The van der Waals surface area contributed by atoms with Gasteiger partial charge in [-0.05, 0) is 29.2 Å². The van der Waals surface area contributed by atoms with E-state index in [0.29, 0.717) is 0 Å². The molecule has 1 rings (SSSR count). The van der Waals surface area contributed by atoms with Crippen molar-refractivity contribution < 1.29 is 4.74 Å². The number of hydrogen-bond donors (Lipinski definition) is 2. The number of methoxy groups -OCH3 is 1. The second-order valence-electron chi connectivity index (χ2n) is 5.81. The Hall–Kier alpha value is -1.06. The summed E-state index contributed by atoms with van der Waals surface area (Å²) in [5.74, 6) is 0.976. The van der Waals surface area contributed by atoms with Crippen LogP contribution in [0.25, 0.3) is 0 Å². The molecule has 108 valence electrons. The zero-order valence-corrected chi connectivity index (χ0v) is 13.0. The van der Waals surface area contributed by atoms with Crippen LogP contribution in [0.2, 0.25) is 0 Å². The van der Waals surface area contributed by atoms with Crippen molar-refractivity contribution in [3.8, 4) is 5.75 Å². The van der Waals surface area contributed by atoms with Gasteiger partial charge in [0.15, 0.2) is 0 Å². The van der Waals surface area contributed by atoms with E-state index in [1.165, 1.54) is 11.1 Å². The Morgan fingerprint density at radius 3 is 2.37 bits per heavy atom. The molecule has 0 aliphatic carbocycles. The average Bonchev–Trinajstić information content (AvgIpc) is 2.37. The molecule has 0 saturated carbocycles. The summed E-state index contributed by atoms with van der Waals surface area (Å²) < 4.78 is 5.45. The van der Waals surface area contributed by atoms with Crippen molar-refractivity contribution in [2.45, 2.75) is 39.7 Å². The standard InChI is InChI=1S/C16H28N2O/c1-6-17-9-10-18-12-13-7-8-15(19-5)14(11-13)16(2,3)4/h7-8,11,17-18H,6,9-10,12H2,1-5H3. The predicted molar refractivity (Wildman–Crippen MR) is 81.9 cm³/mol. The minimum atomic E-state index is 0.102. The Morgan fingerprint density at radius 1 is 1.11 bits per heavy atom. The minimum absolute atomic E-state index is 0.102. The lowest BCUT2D eigenvalue weighted by Gasteiger charge is -2.23. The van der Waals surface area contributed by atoms with Crippen molar-refractivity contribution >= 4 is 0 Å². The van der Waals surface area contributed by atoms with Gasteiger partial charge in [0.25, 0.3) is 0 Å². The fourth-order valence-corrected chi connectivity index (χ4v) is 2.04. The average molecular weight is 264 g/mol. The van der Waals surface area contributed by atoms with Gasteiger partial charge in [-0.3, -0.25) is 0 Å². The number of hydrogen-bond acceptors (Lipinski definition) is 3. The Labute approximate surface area is 117 Å². The van der Waals surface area contributed by atoms with Crippen LogP contribution in [0.1, 0.15) is 38.8 Å². The van der Waals surface area contributed by atoms with Gasteiger partial charge in [0.2, 0.25) is 0 Å². The van der Waals surface area contributed by atoms with Gasteiger partial charge in [-0.1, -0.05) is 39.8 Å². The first-order valence-electron chi connectivity index (χ1n) is 7.08. The summed E-state index contributed by atoms with van der Waals surface area (Å²) in [5.41, 5.74) is 2.67. The largest absolute Gasteiger partial charge is 0.496 e. The molecular weight excluding hydrogens is 236 g/mol. The molecule has 3 nitrogen and oxygen atoms in total. The van der Waals surface area contributed by atoms with E-state index in [9.17, 15) is 0 Å². The smallest absolute Gasteiger partial charge is 0.122 e. The highest BCUT2D eigenvalue weighted by molar-refractivity contribution is 5.41. The molecule has 1 aromatic rings. The summed E-state index contributed by atoms with van der Waals surface area (Å²) in [5, 5.41) is 6.76. The van der Waals surface area contributed by atoms with Crippen LogP contribution in [0.4, 0.5) is 0 Å². The lowest BCUT2D eigenvalue weighted by Crippen LogP contribution is -2.26. The van der Waals surface area contributed by atoms with Crippen LogP contribution >= 0.6 is 0 Å². The predicted octanol–water partition coefficient (Wildman–Crippen LogP) is 2.69. The molecule has 0 fully saturated rings. The number of likely N-dealkylation sites (N-methyl/N-ethyl adjacent to an activating group) is 1. The van der Waals surface area contributed by atoms with E-state index < -0.39 is 0 Å². The van der Waals surface area contributed by atoms with Gasteiger partial charge < -0.3 is 15.4 Å². The number of nitrogens with one attached hydrogen (secondary N) is 2. The number of benzene rings is 1. The number of rotatable bonds is 7. The van der Waals surface area contributed by atoms with Gasteiger partial charge in [0.1, 0.15) is 5.75 Å². The zero-order valence-electron chi connectivity index (χ0n) is 13.0. The molecule has 1 aromatic carbocycles. The molecule has 19 heavy (non-hydrogen) atoms. The topological polar surface area (TPSA) is 33.3 Å². The van der Waals surface area contributed by atoms with Gasteiger partial charge in [-0.2, -0.15) is 0 Å². The van der Waals surface area contributed by atoms with Crippen molar-refractivity contribution in [3.63, 3.8) is 0 Å². The lowest BCUT2D eigenvalue weighted by molar-refractivity contribution is 0.397. The molecule has 0 aliphatic heterocycles. The highest BCUT2D eigenvalue weighted by Gasteiger charge is 2.18. The van der Waals surface area contributed by atoms with E-state index in [4.69, 9.17) is 4.74 Å². The maximum absolute atomic E-state index is 5.45. The summed E-state index contributed by atoms with van der Waals surface area (Å²) in [6.45, 7) is 12.7. The van der Waals surface area contributed by atoms with Crippen LogP contribution < -0.4 is 15.4 Å². The van der Waals surface area contributed by atoms with Gasteiger partial charge in [-0.25, -0.2) is 0 Å². The van der Waals surface area contributed by atoms with E-state index in [1.54, 1.807) is 7.11 Å². The van der Waals surface area contributed by atoms with Crippen molar-refractivity contribution in [1.29, 1.82) is 0 Å². The Balaban J connectivity index is 2.65. The molecule has 0 amide bonds. The first-order chi connectivity index (χ1) is 8.99. The lowest BCUT2D eigenvalue weighted by atomic mass is 9.85. The van der Waals surface area contributed by atoms with E-state index in [1.807, 2.05) is 0 Å². The maximum Gasteiger partial charge on any atom is 0.122 e. The third kappa shape index (κ3) is 5.21. The summed E-state index contributed by atoms with van der Waals surface area (Å²) in [4.78, 5) is 0. The van der Waals surface area contributed by atoms with Crippen LogP contribution in [0.3, 0.4) is 0 Å². The van der Waals surface area contributed by atoms with Crippen LogP contribution in [0.5, 0.6) is 5.75 Å². The molecule has 0 aliphatic rings. The second kappa shape index (κ2) is 7.51. The second-order valence-corrected chi connectivity index (χ2v) is 5.81. The van der Waals surface area contributed by atoms with Crippen molar-refractivity contribution in [2.24, 2.45) is 0 Å². The Morgan fingerprint density at radius 2 is 1.79 bits per heavy atom. The molecule has 0 unspecified atom stereocenters. The van der Waals surface area contributed by atoms with Crippen molar-refractivity contribution in [2.75, 3.05) is 26.7 Å². The third-order valence-electron chi connectivity index (χ3n) is 3.13. The first kappa shape index (κ1) is 16.0. The van der Waals surface area contributed by atoms with E-state index in [-0.39, 0.29) is 5.41 Å².